The number of carbonyl (C=O) groups excluding carboxylic acids is 2. The van der Waals surface area contributed by atoms with Gasteiger partial charge < -0.3 is 14.5 Å². The highest BCUT2D eigenvalue weighted by Crippen LogP contribution is 2.31. The molecular formula is C18H26N6O3. The number of cyclic esters (lactones) is 1. The molecule has 0 aliphatic carbocycles. The van der Waals surface area contributed by atoms with Crippen molar-refractivity contribution in [1.29, 1.82) is 0 Å². The van der Waals surface area contributed by atoms with Gasteiger partial charge in [0.2, 0.25) is 11.9 Å². The van der Waals surface area contributed by atoms with Crippen LogP contribution in [0.4, 0.5) is 10.7 Å². The van der Waals surface area contributed by atoms with Crippen LogP contribution in [0.3, 0.4) is 0 Å². The summed E-state index contributed by atoms with van der Waals surface area (Å²) in [5.74, 6) is 0.877. The van der Waals surface area contributed by atoms with E-state index in [9.17, 15) is 9.59 Å². The summed E-state index contributed by atoms with van der Waals surface area (Å²) in [6, 6.07) is 1.81. The van der Waals surface area contributed by atoms with Gasteiger partial charge in [-0.05, 0) is 12.5 Å². The Morgan fingerprint density at radius 2 is 1.89 bits per heavy atom. The molecule has 27 heavy (non-hydrogen) atoms. The minimum atomic E-state index is -0.353. The van der Waals surface area contributed by atoms with Gasteiger partial charge in [-0.15, -0.1) is 0 Å². The lowest BCUT2D eigenvalue weighted by molar-refractivity contribution is -0.136. The van der Waals surface area contributed by atoms with Crippen LogP contribution < -0.4 is 4.90 Å². The molecule has 1 unspecified atom stereocenters. The van der Waals surface area contributed by atoms with Crippen molar-refractivity contribution in [2.45, 2.75) is 18.9 Å². The third-order valence-corrected chi connectivity index (χ3v) is 5.91. The summed E-state index contributed by atoms with van der Waals surface area (Å²) in [5.41, 5.74) is -0.353. The van der Waals surface area contributed by atoms with Crippen molar-refractivity contribution >= 4 is 17.9 Å². The molecule has 3 aliphatic heterocycles. The monoisotopic (exact) mass is 374 g/mol. The number of ether oxygens (including phenoxy) is 1. The summed E-state index contributed by atoms with van der Waals surface area (Å²) >= 11 is 0. The molecule has 0 aromatic carbocycles. The smallest absolute Gasteiger partial charge is 0.410 e. The van der Waals surface area contributed by atoms with Crippen molar-refractivity contribution in [1.82, 2.24) is 24.7 Å². The highest BCUT2D eigenvalue weighted by Gasteiger charge is 2.50. The Kier molecular flexibility index (Phi) is 4.86. The molecule has 0 spiro atoms. The molecule has 0 bridgehead atoms. The summed E-state index contributed by atoms with van der Waals surface area (Å²) in [7, 11) is 0. The van der Waals surface area contributed by atoms with E-state index in [4.69, 9.17) is 4.74 Å². The Bertz CT molecular complexity index is 694. The van der Waals surface area contributed by atoms with Crippen molar-refractivity contribution in [3.05, 3.63) is 18.5 Å². The number of hydrogen-bond acceptors (Lipinski definition) is 7. The Balaban J connectivity index is 1.31. The molecule has 9 heteroatoms. The van der Waals surface area contributed by atoms with Crippen molar-refractivity contribution in [2.75, 3.05) is 63.9 Å². The molecule has 0 N–H and O–H groups in total. The van der Waals surface area contributed by atoms with E-state index >= 15 is 0 Å². The highest BCUT2D eigenvalue weighted by atomic mass is 16.6. The maximum atomic E-state index is 12.8. The first-order valence-corrected chi connectivity index (χ1v) is 9.58. The molecule has 1 aromatic heterocycles. The van der Waals surface area contributed by atoms with Crippen LogP contribution in [0.25, 0.3) is 0 Å². The summed E-state index contributed by atoms with van der Waals surface area (Å²) in [4.78, 5) is 41.4. The van der Waals surface area contributed by atoms with Crippen LogP contribution in [0.5, 0.6) is 0 Å². The molecular weight excluding hydrogens is 348 g/mol. The van der Waals surface area contributed by atoms with Gasteiger partial charge in [-0.1, -0.05) is 6.92 Å². The second-order valence-electron chi connectivity index (χ2n) is 7.41. The number of carbonyl (C=O) groups is 2. The number of rotatable bonds is 4. The largest absolute Gasteiger partial charge is 0.447 e. The standard InChI is InChI=1S/C18H26N6O3/c1-2-18-13-23(10-11-24(18)17(26)27-14-18)15(25)12-21-6-8-22(9-7-21)16-19-4-3-5-20-16/h3-5H,2,6-14H2,1H3. The quantitative estimate of drug-likeness (QED) is 0.736. The average Bonchev–Trinajstić information content (AvgIpc) is 3.06. The molecule has 4 heterocycles. The van der Waals surface area contributed by atoms with E-state index in [1.54, 1.807) is 17.3 Å². The molecule has 0 saturated carbocycles. The Morgan fingerprint density at radius 1 is 1.15 bits per heavy atom. The molecule has 3 saturated heterocycles. The van der Waals surface area contributed by atoms with Gasteiger partial charge in [0.1, 0.15) is 6.61 Å². The van der Waals surface area contributed by atoms with Crippen LogP contribution in [-0.2, 0) is 9.53 Å². The first kappa shape index (κ1) is 18.0. The predicted octanol–water partition coefficient (Wildman–Crippen LogP) is 0.0418. The minimum absolute atomic E-state index is 0.131. The lowest BCUT2D eigenvalue weighted by atomic mass is 9.93. The fourth-order valence-corrected chi connectivity index (χ4v) is 4.13. The van der Waals surface area contributed by atoms with Crippen molar-refractivity contribution in [3.63, 3.8) is 0 Å². The van der Waals surface area contributed by atoms with Crippen molar-refractivity contribution in [2.24, 2.45) is 0 Å². The van der Waals surface area contributed by atoms with Crippen LogP contribution in [0, 0.1) is 0 Å². The third-order valence-electron chi connectivity index (χ3n) is 5.91. The molecule has 3 fully saturated rings. The molecule has 4 rings (SSSR count). The van der Waals surface area contributed by atoms with E-state index < -0.39 is 0 Å². The van der Waals surface area contributed by atoms with E-state index in [1.807, 2.05) is 17.9 Å². The second kappa shape index (κ2) is 7.30. The molecule has 146 valence electrons. The van der Waals surface area contributed by atoms with Gasteiger partial charge in [0.25, 0.3) is 0 Å². The van der Waals surface area contributed by atoms with Crippen molar-refractivity contribution in [3.8, 4) is 0 Å². The van der Waals surface area contributed by atoms with E-state index in [0.717, 1.165) is 38.5 Å². The zero-order chi connectivity index (χ0) is 18.9. The predicted molar refractivity (Wildman–Crippen MR) is 98.3 cm³/mol. The average molecular weight is 374 g/mol. The van der Waals surface area contributed by atoms with Crippen LogP contribution in [0.1, 0.15) is 13.3 Å². The van der Waals surface area contributed by atoms with Gasteiger partial charge in [0.05, 0.1) is 12.1 Å². The maximum absolute atomic E-state index is 12.8. The SMILES string of the molecule is CCC12COC(=O)N1CCN(C(=O)CN1CCN(c3ncccn3)CC1)C2. The van der Waals surface area contributed by atoms with E-state index in [0.29, 0.717) is 32.8 Å². The van der Waals surface area contributed by atoms with E-state index in [1.165, 1.54) is 0 Å². The molecule has 2 amide bonds. The van der Waals surface area contributed by atoms with Crippen LogP contribution in [0.2, 0.25) is 0 Å². The van der Waals surface area contributed by atoms with Gasteiger partial charge >= 0.3 is 6.09 Å². The number of anilines is 1. The topological polar surface area (TPSA) is 82.1 Å². The third kappa shape index (κ3) is 3.43. The van der Waals surface area contributed by atoms with Crippen molar-refractivity contribution < 1.29 is 14.3 Å². The number of aromatic nitrogens is 2. The fourth-order valence-electron chi connectivity index (χ4n) is 4.13. The van der Waals surface area contributed by atoms with E-state index in [-0.39, 0.29) is 17.5 Å². The number of hydrogen-bond donors (Lipinski definition) is 0. The Morgan fingerprint density at radius 3 is 2.59 bits per heavy atom. The normalized spacial score (nSPS) is 26.1. The summed E-state index contributed by atoms with van der Waals surface area (Å²) < 4.78 is 5.25. The van der Waals surface area contributed by atoms with Crippen LogP contribution in [-0.4, -0.2) is 101 Å². The maximum Gasteiger partial charge on any atom is 0.410 e. The van der Waals surface area contributed by atoms with Gasteiger partial charge in [0, 0.05) is 58.2 Å². The summed E-state index contributed by atoms with van der Waals surface area (Å²) in [6.07, 6.45) is 4.04. The van der Waals surface area contributed by atoms with Gasteiger partial charge in [-0.3, -0.25) is 14.6 Å². The number of fused-ring (bicyclic) bond motifs is 1. The van der Waals surface area contributed by atoms with Gasteiger partial charge in [0.15, 0.2) is 0 Å². The lowest BCUT2D eigenvalue weighted by Crippen LogP contribution is -2.63. The van der Waals surface area contributed by atoms with Crippen LogP contribution in [0.15, 0.2) is 18.5 Å². The fraction of sp³-hybridized carbons (Fsp3) is 0.667. The summed E-state index contributed by atoms with van der Waals surface area (Å²) in [5, 5.41) is 0. The Labute approximate surface area is 158 Å². The first-order valence-electron chi connectivity index (χ1n) is 9.58. The molecule has 1 aromatic rings. The number of piperazine rings is 2. The summed E-state index contributed by atoms with van der Waals surface area (Å²) in [6.45, 7) is 7.78. The first-order chi connectivity index (χ1) is 13.1. The zero-order valence-electron chi connectivity index (χ0n) is 15.7. The highest BCUT2D eigenvalue weighted by molar-refractivity contribution is 5.79. The zero-order valence-corrected chi connectivity index (χ0v) is 15.7. The lowest BCUT2D eigenvalue weighted by Gasteiger charge is -2.45. The number of nitrogens with zero attached hydrogens (tertiary/aromatic N) is 6. The molecule has 0 radical (unpaired) electrons. The Hall–Kier alpha value is -2.42. The molecule has 9 nitrogen and oxygen atoms in total. The minimum Gasteiger partial charge on any atom is -0.447 e. The van der Waals surface area contributed by atoms with Gasteiger partial charge in [-0.2, -0.15) is 0 Å². The van der Waals surface area contributed by atoms with Crippen LogP contribution >= 0.6 is 0 Å². The number of amides is 2. The second-order valence-corrected chi connectivity index (χ2v) is 7.41. The molecule has 3 aliphatic rings. The molecule has 1 atom stereocenters. The van der Waals surface area contributed by atoms with E-state index in [2.05, 4.69) is 19.8 Å². The van der Waals surface area contributed by atoms with Gasteiger partial charge in [-0.25, -0.2) is 14.8 Å².